The van der Waals surface area contributed by atoms with Gasteiger partial charge in [0.05, 0.1) is 6.04 Å². The standard InChI is InChI=1S/C20H26FN5O2S2/c1-6-12(2)15(22-18(27)28-20(3,4)5)16-23-24-17-26(16)25-19(30-17)29-11-13-9-7-8-10-14(13)21/h7-10,12,15H,6,11H2,1-5H3,(H,22,27). The molecule has 0 spiro atoms. The molecule has 0 aliphatic rings. The Morgan fingerprint density at radius 1 is 1.33 bits per heavy atom. The molecule has 1 amide bonds. The summed E-state index contributed by atoms with van der Waals surface area (Å²) in [6, 6.07) is 6.30. The summed E-state index contributed by atoms with van der Waals surface area (Å²) in [6.45, 7) is 9.53. The van der Waals surface area contributed by atoms with Crippen LogP contribution in [0.1, 0.15) is 58.5 Å². The van der Waals surface area contributed by atoms with Crippen molar-refractivity contribution in [3.05, 3.63) is 41.5 Å². The van der Waals surface area contributed by atoms with E-state index >= 15 is 0 Å². The number of carbonyl (C=O) groups excluding carboxylic acids is 1. The summed E-state index contributed by atoms with van der Waals surface area (Å²) in [4.78, 5) is 13.0. The molecule has 2 aromatic heterocycles. The molecule has 3 aromatic rings. The summed E-state index contributed by atoms with van der Waals surface area (Å²) in [5, 5.41) is 16.0. The highest BCUT2D eigenvalue weighted by atomic mass is 32.2. The van der Waals surface area contributed by atoms with Crippen LogP contribution in [0.5, 0.6) is 0 Å². The molecular formula is C20H26FN5O2S2. The number of hydrogen-bond donors (Lipinski definition) is 1. The number of alkyl carbamates (subject to hydrolysis) is 1. The second kappa shape index (κ2) is 9.30. The zero-order valence-corrected chi connectivity index (χ0v) is 19.3. The molecule has 10 heteroatoms. The maximum Gasteiger partial charge on any atom is 0.408 e. The number of hydrogen-bond acceptors (Lipinski definition) is 7. The number of amides is 1. The number of carbonyl (C=O) groups is 1. The van der Waals surface area contributed by atoms with Crippen molar-refractivity contribution >= 4 is 34.2 Å². The highest BCUT2D eigenvalue weighted by Crippen LogP contribution is 2.31. The largest absolute Gasteiger partial charge is 0.444 e. The summed E-state index contributed by atoms with van der Waals surface area (Å²) < 4.78 is 21.7. The smallest absolute Gasteiger partial charge is 0.408 e. The van der Waals surface area contributed by atoms with E-state index in [-0.39, 0.29) is 11.7 Å². The number of halogens is 1. The number of nitrogens with zero attached hydrogens (tertiary/aromatic N) is 4. The normalized spacial score (nSPS) is 13.9. The lowest BCUT2D eigenvalue weighted by molar-refractivity contribution is 0.0482. The Balaban J connectivity index is 1.80. The molecule has 0 aliphatic heterocycles. The van der Waals surface area contributed by atoms with E-state index in [2.05, 4.69) is 20.6 Å². The molecule has 0 fully saturated rings. The first kappa shape index (κ1) is 22.5. The Morgan fingerprint density at radius 3 is 2.73 bits per heavy atom. The number of ether oxygens (including phenoxy) is 1. The fourth-order valence-electron chi connectivity index (χ4n) is 2.75. The summed E-state index contributed by atoms with van der Waals surface area (Å²) in [6.07, 6.45) is 0.322. The molecule has 162 valence electrons. The summed E-state index contributed by atoms with van der Waals surface area (Å²) in [7, 11) is 0. The zero-order valence-electron chi connectivity index (χ0n) is 17.7. The van der Waals surface area contributed by atoms with Gasteiger partial charge in [-0.1, -0.05) is 61.6 Å². The predicted octanol–water partition coefficient (Wildman–Crippen LogP) is 5.23. The molecule has 3 rings (SSSR count). The van der Waals surface area contributed by atoms with Crippen LogP contribution in [0.4, 0.5) is 9.18 Å². The van der Waals surface area contributed by atoms with Gasteiger partial charge in [-0.25, -0.2) is 9.18 Å². The molecule has 0 radical (unpaired) electrons. The van der Waals surface area contributed by atoms with Crippen molar-refractivity contribution in [2.75, 3.05) is 0 Å². The molecule has 0 aliphatic carbocycles. The van der Waals surface area contributed by atoms with Gasteiger partial charge in [0.25, 0.3) is 0 Å². The molecule has 0 saturated carbocycles. The molecule has 2 unspecified atom stereocenters. The minimum Gasteiger partial charge on any atom is -0.444 e. The predicted molar refractivity (Wildman–Crippen MR) is 116 cm³/mol. The van der Waals surface area contributed by atoms with Crippen molar-refractivity contribution in [3.63, 3.8) is 0 Å². The minimum atomic E-state index is -0.596. The van der Waals surface area contributed by atoms with Crippen molar-refractivity contribution in [1.82, 2.24) is 25.1 Å². The van der Waals surface area contributed by atoms with E-state index in [0.29, 0.717) is 22.1 Å². The van der Waals surface area contributed by atoms with E-state index in [1.54, 1.807) is 16.6 Å². The van der Waals surface area contributed by atoms with Gasteiger partial charge in [0.2, 0.25) is 4.96 Å². The Kier molecular flexibility index (Phi) is 6.97. The van der Waals surface area contributed by atoms with Gasteiger partial charge in [0.15, 0.2) is 10.2 Å². The third-order valence-electron chi connectivity index (χ3n) is 4.47. The third kappa shape index (κ3) is 5.48. The number of thioether (sulfide) groups is 1. The molecule has 2 heterocycles. The monoisotopic (exact) mass is 451 g/mol. The summed E-state index contributed by atoms with van der Waals surface area (Å²) in [5.74, 6) is 0.893. The van der Waals surface area contributed by atoms with Crippen molar-refractivity contribution in [2.45, 2.75) is 62.8 Å². The number of rotatable bonds is 7. The van der Waals surface area contributed by atoms with Gasteiger partial charge in [-0.2, -0.15) is 4.52 Å². The summed E-state index contributed by atoms with van der Waals surface area (Å²) in [5.41, 5.74) is 0.0271. The Labute approximate surface area is 183 Å². The van der Waals surface area contributed by atoms with Gasteiger partial charge in [-0.05, 0) is 38.3 Å². The number of nitrogens with one attached hydrogen (secondary N) is 1. The second-order valence-electron chi connectivity index (χ2n) is 8.01. The van der Waals surface area contributed by atoms with Gasteiger partial charge < -0.3 is 10.1 Å². The zero-order chi connectivity index (χ0) is 21.9. The first-order valence-electron chi connectivity index (χ1n) is 9.75. The Bertz CT molecular complexity index is 1010. The lowest BCUT2D eigenvalue weighted by Crippen LogP contribution is -2.38. The van der Waals surface area contributed by atoms with E-state index in [9.17, 15) is 9.18 Å². The van der Waals surface area contributed by atoms with Crippen molar-refractivity contribution in [1.29, 1.82) is 0 Å². The van der Waals surface area contributed by atoms with Crippen LogP contribution in [-0.2, 0) is 10.5 Å². The van der Waals surface area contributed by atoms with E-state index in [0.717, 1.165) is 10.8 Å². The maximum absolute atomic E-state index is 13.9. The van der Waals surface area contributed by atoms with E-state index in [4.69, 9.17) is 4.74 Å². The third-order valence-corrected chi connectivity index (χ3v) is 6.55. The Hall–Kier alpha value is -2.20. The van der Waals surface area contributed by atoms with Gasteiger partial charge in [-0.15, -0.1) is 15.3 Å². The van der Waals surface area contributed by atoms with Crippen molar-refractivity contribution < 1.29 is 13.9 Å². The number of fused-ring (bicyclic) bond motifs is 1. The van der Waals surface area contributed by atoms with Gasteiger partial charge in [-0.3, -0.25) is 0 Å². The minimum absolute atomic E-state index is 0.0983. The van der Waals surface area contributed by atoms with Crippen LogP contribution in [-0.4, -0.2) is 31.5 Å². The highest BCUT2D eigenvalue weighted by molar-refractivity contribution is 8.00. The molecule has 2 atom stereocenters. The molecule has 7 nitrogen and oxygen atoms in total. The van der Waals surface area contributed by atoms with Crippen LogP contribution >= 0.6 is 23.1 Å². The summed E-state index contributed by atoms with van der Waals surface area (Å²) >= 11 is 2.82. The molecule has 1 aromatic carbocycles. The lowest BCUT2D eigenvalue weighted by atomic mass is 9.99. The van der Waals surface area contributed by atoms with E-state index in [1.165, 1.54) is 29.2 Å². The number of benzene rings is 1. The van der Waals surface area contributed by atoms with Crippen LogP contribution in [0.2, 0.25) is 0 Å². The second-order valence-corrected chi connectivity index (χ2v) is 10.2. The highest BCUT2D eigenvalue weighted by Gasteiger charge is 2.29. The fourth-order valence-corrected chi connectivity index (χ4v) is 4.62. The van der Waals surface area contributed by atoms with Crippen molar-refractivity contribution in [3.8, 4) is 0 Å². The van der Waals surface area contributed by atoms with Crippen LogP contribution in [0.3, 0.4) is 0 Å². The molecule has 1 N–H and O–H groups in total. The van der Waals surface area contributed by atoms with Crippen LogP contribution < -0.4 is 5.32 Å². The lowest BCUT2D eigenvalue weighted by Gasteiger charge is -2.25. The molecule has 0 saturated heterocycles. The molecular weight excluding hydrogens is 425 g/mol. The molecule has 30 heavy (non-hydrogen) atoms. The molecule has 0 bridgehead atoms. The van der Waals surface area contributed by atoms with Gasteiger partial charge in [0.1, 0.15) is 11.4 Å². The van der Waals surface area contributed by atoms with E-state index in [1.807, 2.05) is 40.7 Å². The van der Waals surface area contributed by atoms with Crippen LogP contribution in [0.25, 0.3) is 4.96 Å². The van der Waals surface area contributed by atoms with E-state index < -0.39 is 17.7 Å². The first-order valence-corrected chi connectivity index (χ1v) is 11.6. The maximum atomic E-state index is 13.9. The van der Waals surface area contributed by atoms with Gasteiger partial charge >= 0.3 is 6.09 Å². The average Bonchev–Trinajstić information content (AvgIpc) is 3.24. The van der Waals surface area contributed by atoms with Crippen molar-refractivity contribution in [2.24, 2.45) is 5.92 Å². The fraction of sp³-hybridized carbons (Fsp3) is 0.500. The topological polar surface area (TPSA) is 81.4 Å². The SMILES string of the molecule is CCC(C)C(NC(=O)OC(C)(C)C)c1nnc2sc(SCc3ccccc3F)nn12. The van der Waals surface area contributed by atoms with Crippen LogP contribution in [0, 0.1) is 11.7 Å². The number of aromatic nitrogens is 4. The van der Waals surface area contributed by atoms with Gasteiger partial charge in [0, 0.05) is 5.75 Å². The Morgan fingerprint density at radius 2 is 2.07 bits per heavy atom. The first-order chi connectivity index (χ1) is 14.2. The average molecular weight is 452 g/mol. The van der Waals surface area contributed by atoms with Crippen LogP contribution in [0.15, 0.2) is 28.6 Å². The quantitative estimate of drug-likeness (QED) is 0.496.